The Morgan fingerprint density at radius 2 is 2.13 bits per heavy atom. The number of nitrogens with zero attached hydrogens (tertiary/aromatic N) is 3. The van der Waals surface area contributed by atoms with E-state index in [0.717, 1.165) is 25.9 Å². The lowest BCUT2D eigenvalue weighted by Gasteiger charge is -2.31. The van der Waals surface area contributed by atoms with E-state index in [1.54, 1.807) is 6.92 Å². The molecule has 0 spiro atoms. The number of hydrogen-bond acceptors (Lipinski definition) is 2. The lowest BCUT2D eigenvalue weighted by Crippen LogP contribution is -2.37. The van der Waals surface area contributed by atoms with Crippen molar-refractivity contribution in [3.05, 3.63) is 18.0 Å². The summed E-state index contributed by atoms with van der Waals surface area (Å²) in [6, 6.07) is 0.467. The summed E-state index contributed by atoms with van der Waals surface area (Å²) in [5, 5.41) is 4.32. The summed E-state index contributed by atoms with van der Waals surface area (Å²) < 4.78 is 2.03. The van der Waals surface area contributed by atoms with Crippen molar-refractivity contribution in [2.75, 3.05) is 13.1 Å². The van der Waals surface area contributed by atoms with Crippen LogP contribution in [-0.4, -0.2) is 33.7 Å². The van der Waals surface area contributed by atoms with Crippen molar-refractivity contribution in [2.45, 2.75) is 32.7 Å². The lowest BCUT2D eigenvalue weighted by atomic mass is 10.1. The minimum Gasteiger partial charge on any atom is -0.343 e. The second-order valence-electron chi connectivity index (χ2n) is 4.23. The SMILES string of the molecule is CC(=O)N1CCC(n2cc(C)cn2)CC1. The predicted molar refractivity (Wildman–Crippen MR) is 57.5 cm³/mol. The second kappa shape index (κ2) is 4.04. The van der Waals surface area contributed by atoms with Crippen LogP contribution in [0.2, 0.25) is 0 Å². The molecule has 2 rings (SSSR count). The molecule has 1 aliphatic rings. The van der Waals surface area contributed by atoms with Gasteiger partial charge in [-0.15, -0.1) is 0 Å². The van der Waals surface area contributed by atoms with E-state index in [2.05, 4.69) is 11.3 Å². The fourth-order valence-electron chi connectivity index (χ4n) is 2.08. The number of piperidine rings is 1. The molecule has 1 fully saturated rings. The van der Waals surface area contributed by atoms with Gasteiger partial charge in [-0.2, -0.15) is 5.10 Å². The van der Waals surface area contributed by atoms with Gasteiger partial charge in [0.15, 0.2) is 0 Å². The van der Waals surface area contributed by atoms with E-state index in [-0.39, 0.29) is 5.91 Å². The molecule has 1 aromatic rings. The van der Waals surface area contributed by atoms with Crippen LogP contribution in [0.3, 0.4) is 0 Å². The first-order valence-electron chi connectivity index (χ1n) is 5.43. The molecule has 1 aliphatic heterocycles. The summed E-state index contributed by atoms with van der Waals surface area (Å²) >= 11 is 0. The number of aryl methyl sites for hydroxylation is 1. The zero-order valence-corrected chi connectivity index (χ0v) is 9.31. The maximum atomic E-state index is 11.1. The Balaban J connectivity index is 1.96. The Kier molecular flexibility index (Phi) is 2.75. The van der Waals surface area contributed by atoms with E-state index in [1.807, 2.05) is 22.7 Å². The number of hydrogen-bond donors (Lipinski definition) is 0. The van der Waals surface area contributed by atoms with Crippen molar-refractivity contribution < 1.29 is 4.79 Å². The first kappa shape index (κ1) is 10.2. The van der Waals surface area contributed by atoms with Crippen LogP contribution in [0.4, 0.5) is 0 Å². The van der Waals surface area contributed by atoms with Crippen LogP contribution >= 0.6 is 0 Å². The van der Waals surface area contributed by atoms with Gasteiger partial charge in [0.25, 0.3) is 0 Å². The molecule has 1 aromatic heterocycles. The van der Waals surface area contributed by atoms with Crippen LogP contribution in [0.1, 0.15) is 31.4 Å². The molecular weight excluding hydrogens is 190 g/mol. The van der Waals surface area contributed by atoms with Gasteiger partial charge in [-0.1, -0.05) is 0 Å². The van der Waals surface area contributed by atoms with Crippen molar-refractivity contribution in [1.29, 1.82) is 0 Å². The Morgan fingerprint density at radius 1 is 1.47 bits per heavy atom. The number of carbonyl (C=O) groups is 1. The first-order valence-corrected chi connectivity index (χ1v) is 5.43. The highest BCUT2D eigenvalue weighted by atomic mass is 16.2. The zero-order chi connectivity index (χ0) is 10.8. The highest BCUT2D eigenvalue weighted by molar-refractivity contribution is 5.73. The maximum absolute atomic E-state index is 11.1. The molecule has 0 radical (unpaired) electrons. The van der Waals surface area contributed by atoms with Gasteiger partial charge >= 0.3 is 0 Å². The van der Waals surface area contributed by atoms with Crippen molar-refractivity contribution in [2.24, 2.45) is 0 Å². The monoisotopic (exact) mass is 207 g/mol. The first-order chi connectivity index (χ1) is 7.16. The molecule has 1 amide bonds. The molecule has 0 aromatic carbocycles. The Hall–Kier alpha value is -1.32. The fraction of sp³-hybridized carbons (Fsp3) is 0.636. The maximum Gasteiger partial charge on any atom is 0.219 e. The molecular formula is C11H17N3O. The average molecular weight is 207 g/mol. The topological polar surface area (TPSA) is 38.1 Å². The summed E-state index contributed by atoms with van der Waals surface area (Å²) in [4.78, 5) is 13.1. The van der Waals surface area contributed by atoms with Crippen molar-refractivity contribution >= 4 is 5.91 Å². The smallest absolute Gasteiger partial charge is 0.219 e. The van der Waals surface area contributed by atoms with Gasteiger partial charge < -0.3 is 4.90 Å². The zero-order valence-electron chi connectivity index (χ0n) is 9.31. The van der Waals surface area contributed by atoms with E-state index >= 15 is 0 Å². The van der Waals surface area contributed by atoms with Crippen LogP contribution < -0.4 is 0 Å². The third-order valence-corrected chi connectivity index (χ3v) is 3.01. The molecule has 4 heteroatoms. The number of carbonyl (C=O) groups excluding carboxylic acids is 1. The van der Waals surface area contributed by atoms with Crippen molar-refractivity contribution in [3.63, 3.8) is 0 Å². The molecule has 2 heterocycles. The third kappa shape index (κ3) is 2.19. The number of rotatable bonds is 1. The summed E-state index contributed by atoms with van der Waals surface area (Å²) in [5.41, 5.74) is 1.20. The van der Waals surface area contributed by atoms with E-state index in [1.165, 1.54) is 5.56 Å². The van der Waals surface area contributed by atoms with Crippen LogP contribution in [-0.2, 0) is 4.79 Å². The summed E-state index contributed by atoms with van der Waals surface area (Å²) in [7, 11) is 0. The van der Waals surface area contributed by atoms with Gasteiger partial charge in [0.05, 0.1) is 12.2 Å². The Bertz CT molecular complexity index is 350. The largest absolute Gasteiger partial charge is 0.343 e. The normalized spacial score (nSPS) is 18.1. The molecule has 0 saturated carbocycles. The van der Waals surface area contributed by atoms with Crippen LogP contribution in [0.5, 0.6) is 0 Å². The summed E-state index contributed by atoms with van der Waals surface area (Å²) in [5.74, 6) is 0.185. The van der Waals surface area contributed by atoms with Gasteiger partial charge in [0.1, 0.15) is 0 Å². The molecule has 15 heavy (non-hydrogen) atoms. The predicted octanol–water partition coefficient (Wildman–Crippen LogP) is 1.37. The second-order valence-corrected chi connectivity index (χ2v) is 4.23. The van der Waals surface area contributed by atoms with Crippen LogP contribution in [0.15, 0.2) is 12.4 Å². The van der Waals surface area contributed by atoms with E-state index < -0.39 is 0 Å². The van der Waals surface area contributed by atoms with E-state index in [9.17, 15) is 4.79 Å². The summed E-state index contributed by atoms with van der Waals surface area (Å²) in [6.45, 7) is 5.41. The molecule has 4 nitrogen and oxygen atoms in total. The van der Waals surface area contributed by atoms with Crippen molar-refractivity contribution in [3.8, 4) is 0 Å². The van der Waals surface area contributed by atoms with Gasteiger partial charge in [0.2, 0.25) is 5.91 Å². The average Bonchev–Trinajstić information content (AvgIpc) is 2.65. The van der Waals surface area contributed by atoms with Crippen LogP contribution in [0.25, 0.3) is 0 Å². The number of amides is 1. The fourth-order valence-corrected chi connectivity index (χ4v) is 2.08. The molecule has 0 aliphatic carbocycles. The van der Waals surface area contributed by atoms with Gasteiger partial charge in [-0.05, 0) is 25.3 Å². The van der Waals surface area contributed by atoms with E-state index in [0.29, 0.717) is 6.04 Å². The molecule has 0 unspecified atom stereocenters. The van der Waals surface area contributed by atoms with Gasteiger partial charge in [-0.25, -0.2) is 0 Å². The number of likely N-dealkylation sites (tertiary alicyclic amines) is 1. The molecule has 0 bridgehead atoms. The molecule has 0 atom stereocenters. The standard InChI is InChI=1S/C11H17N3O/c1-9-7-12-14(8-9)11-3-5-13(6-4-11)10(2)15/h7-8,11H,3-6H2,1-2H3. The molecule has 0 N–H and O–H groups in total. The summed E-state index contributed by atoms with van der Waals surface area (Å²) in [6.07, 6.45) is 5.99. The minimum absolute atomic E-state index is 0.185. The van der Waals surface area contributed by atoms with Gasteiger partial charge in [-0.3, -0.25) is 9.48 Å². The molecule has 1 saturated heterocycles. The molecule has 82 valence electrons. The highest BCUT2D eigenvalue weighted by Gasteiger charge is 2.21. The highest BCUT2D eigenvalue weighted by Crippen LogP contribution is 2.21. The minimum atomic E-state index is 0.185. The third-order valence-electron chi connectivity index (χ3n) is 3.01. The quantitative estimate of drug-likeness (QED) is 0.697. The Morgan fingerprint density at radius 3 is 2.60 bits per heavy atom. The lowest BCUT2D eigenvalue weighted by molar-refractivity contribution is -0.130. The van der Waals surface area contributed by atoms with Crippen LogP contribution in [0, 0.1) is 6.92 Å². The van der Waals surface area contributed by atoms with Gasteiger partial charge in [0, 0.05) is 26.2 Å². The van der Waals surface area contributed by atoms with E-state index in [4.69, 9.17) is 0 Å². The Labute approximate surface area is 89.9 Å². The number of aromatic nitrogens is 2. The van der Waals surface area contributed by atoms with Crippen molar-refractivity contribution in [1.82, 2.24) is 14.7 Å².